The van der Waals surface area contributed by atoms with Gasteiger partial charge in [-0.25, -0.2) is 0 Å². The first-order chi connectivity index (χ1) is 42.2. The van der Waals surface area contributed by atoms with E-state index in [0.717, 1.165) is 7.11 Å². The van der Waals surface area contributed by atoms with E-state index in [2.05, 4.69) is 63.2 Å². The Labute approximate surface area is 532 Å². The summed E-state index contributed by atoms with van der Waals surface area (Å²) in [6.45, 7) is 21.0. The molecule has 1 saturated heterocycles. The minimum Gasteiger partial charge on any atom is -0.468 e. The van der Waals surface area contributed by atoms with Crippen LogP contribution in [0.15, 0.2) is 91.0 Å². The number of hydrogen-bond acceptors (Lipinski definition) is 14. The summed E-state index contributed by atoms with van der Waals surface area (Å²) in [7, 11) is 1.15. The van der Waals surface area contributed by atoms with Crippen molar-refractivity contribution in [1.29, 1.82) is 0 Å². The van der Waals surface area contributed by atoms with Crippen LogP contribution in [0.1, 0.15) is 146 Å². The van der Waals surface area contributed by atoms with Crippen molar-refractivity contribution in [3.63, 3.8) is 0 Å². The molecule has 26 heteroatoms. The zero-order chi connectivity index (χ0) is 68.6. The van der Waals surface area contributed by atoms with E-state index in [9.17, 15) is 62.3 Å². The molecule has 11 N–H and O–H groups in total. The van der Waals surface area contributed by atoms with Gasteiger partial charge in [-0.2, -0.15) is 0 Å². The van der Waals surface area contributed by atoms with E-state index in [-0.39, 0.29) is 13.0 Å². The highest BCUT2D eigenvalue weighted by atomic mass is 16.5. The molecule has 0 saturated carbocycles. The number of hydrogen-bond donors (Lipinski definition) is 11. The number of carbonyl (C=O) groups is 13. The molecule has 1 fully saturated rings. The van der Waals surface area contributed by atoms with Crippen molar-refractivity contribution < 1.29 is 67.1 Å². The molecule has 3 aromatic carbocycles. The Morgan fingerprint density at radius 3 is 1.40 bits per heavy atom. The molecule has 0 bridgehead atoms. The normalized spacial score (nSPS) is 15.0. The van der Waals surface area contributed by atoms with Gasteiger partial charge in [0, 0.05) is 19.9 Å². The van der Waals surface area contributed by atoms with E-state index in [4.69, 9.17) is 0 Å². The highest BCUT2D eigenvalue weighted by Crippen LogP contribution is 2.37. The third-order valence-electron chi connectivity index (χ3n) is 15.4. The lowest BCUT2D eigenvalue weighted by Crippen LogP contribution is -2.65. The molecule has 4 rings (SSSR count). The summed E-state index contributed by atoms with van der Waals surface area (Å²) in [4.78, 5) is 178. The van der Waals surface area contributed by atoms with Crippen LogP contribution in [0.2, 0.25) is 0 Å². The highest BCUT2D eigenvalue weighted by molar-refractivity contribution is 6.01. The number of nitrogens with zero attached hydrogens (tertiary/aromatic N) is 1. The predicted octanol–water partition coefficient (Wildman–Crippen LogP) is 1.28. The van der Waals surface area contributed by atoms with Crippen LogP contribution in [0.5, 0.6) is 0 Å². The average Bonchev–Trinajstić information content (AvgIpc) is 1.08. The molecule has 1 aliphatic heterocycles. The molecule has 0 aliphatic carbocycles. The van der Waals surface area contributed by atoms with Crippen molar-refractivity contribution in [3.05, 3.63) is 108 Å². The zero-order valence-corrected chi connectivity index (χ0v) is 55.0. The Kier molecular flexibility index (Phi) is 25.3. The smallest absolute Gasteiger partial charge is 0.325 e. The van der Waals surface area contributed by atoms with Gasteiger partial charge in [-0.1, -0.05) is 105 Å². The number of esters is 1. The second-order valence-electron chi connectivity index (χ2n) is 25.8. The highest BCUT2D eigenvalue weighted by Gasteiger charge is 2.45. The van der Waals surface area contributed by atoms with Crippen molar-refractivity contribution in [1.82, 2.24) is 63.4 Å². The summed E-state index contributed by atoms with van der Waals surface area (Å²) in [6.07, 6.45) is 0.0309. The number of amides is 12. The monoisotopic (exact) mass is 1260 g/mol. The Morgan fingerprint density at radius 2 is 0.934 bits per heavy atom. The molecule has 0 radical (unpaired) electrons. The minimum atomic E-state index is -1.83. The molecule has 91 heavy (non-hydrogen) atoms. The van der Waals surface area contributed by atoms with E-state index in [1.54, 1.807) is 13.8 Å². The average molecular weight is 1270 g/mol. The van der Waals surface area contributed by atoms with Crippen LogP contribution >= 0.6 is 0 Å². The summed E-state index contributed by atoms with van der Waals surface area (Å²) in [6, 6.07) is 21.2. The standard InChI is InChI=1S/C65H92N12O14/c1-38(2)49(54(85)76-60(6,7)55(86)66-37-48(80)91-16)70-58(89)63(12,13)74-52(83)45(34-35-47(79)72-65(42-27-20-17-21-28-42,43-29-22-18-23-30-43)44-31-24-19-25-32-44)69-50(81)39(3)67-56(87)61(8,9)73-51(82)40(4)68-57(88)62(10,11)75-53(84)46-33-26-36-77(46)59(90)64(14,15)71-41(5)78/h17-25,27-32,38-40,45-46,49H,26,33-37H2,1-16H3,(H,66,86)(H,67,87)(H,68,88)(H,69,81)(H,70,89)(H,71,78)(H,72,79)(H,73,82)(H,74,83)(H,75,84)(H,76,85)/t39-,40-,45-,46-,49-/m0/s1. The maximum Gasteiger partial charge on any atom is 0.325 e. The van der Waals surface area contributed by atoms with Crippen LogP contribution in [0.4, 0.5) is 0 Å². The van der Waals surface area contributed by atoms with Crippen molar-refractivity contribution in [3.8, 4) is 0 Å². The molecule has 0 aromatic heterocycles. The zero-order valence-electron chi connectivity index (χ0n) is 55.0. The van der Waals surface area contributed by atoms with Crippen molar-refractivity contribution in [2.75, 3.05) is 20.2 Å². The van der Waals surface area contributed by atoms with Crippen molar-refractivity contribution in [2.45, 2.75) is 193 Å². The van der Waals surface area contributed by atoms with E-state index >= 15 is 0 Å². The molecular formula is C65H92N12O14. The van der Waals surface area contributed by atoms with Crippen molar-refractivity contribution >= 4 is 76.9 Å². The number of methoxy groups -OCH3 is 1. The van der Waals surface area contributed by atoms with Crippen molar-refractivity contribution in [2.24, 2.45) is 5.92 Å². The molecule has 1 heterocycles. The topological polar surface area (TPSA) is 367 Å². The summed E-state index contributed by atoms with van der Waals surface area (Å²) in [5.41, 5.74) is -7.24. The van der Waals surface area contributed by atoms with Gasteiger partial charge in [-0.15, -0.1) is 0 Å². The molecule has 496 valence electrons. The second-order valence-corrected chi connectivity index (χ2v) is 25.8. The molecule has 26 nitrogen and oxygen atoms in total. The molecular weight excluding hydrogens is 1170 g/mol. The molecule has 5 atom stereocenters. The number of rotatable bonds is 29. The summed E-state index contributed by atoms with van der Waals surface area (Å²) < 4.78 is 4.57. The van der Waals surface area contributed by atoms with Crippen LogP contribution in [0, 0.1) is 5.92 Å². The SMILES string of the molecule is COC(=O)CNC(=O)C(C)(C)NC(=O)[C@@H](NC(=O)C(C)(C)NC(=O)[C@H](CCC(=O)NC(c1ccccc1)(c1ccccc1)c1ccccc1)NC(=O)[C@H](C)NC(=O)C(C)(C)NC(=O)[C@H](C)NC(=O)C(C)(C)NC(=O)[C@@H]1CCCN1C(=O)C(C)(C)NC(C)=O)C(C)C. The first-order valence-corrected chi connectivity index (χ1v) is 30.2. The van der Waals surface area contributed by atoms with Gasteiger partial charge in [0.25, 0.3) is 0 Å². The quantitative estimate of drug-likeness (QED) is 0.0345. The van der Waals surface area contributed by atoms with Gasteiger partial charge in [0.05, 0.1) is 7.11 Å². The molecule has 0 unspecified atom stereocenters. The summed E-state index contributed by atoms with van der Waals surface area (Å²) in [5.74, 6) is -10.1. The third-order valence-corrected chi connectivity index (χ3v) is 15.4. The molecule has 1 aliphatic rings. The lowest BCUT2D eigenvalue weighted by Gasteiger charge is -2.37. The van der Waals surface area contributed by atoms with Gasteiger partial charge in [-0.05, 0) is 125 Å². The Hall–Kier alpha value is -9.23. The van der Waals surface area contributed by atoms with Gasteiger partial charge in [-0.3, -0.25) is 62.3 Å². The second kappa shape index (κ2) is 31.0. The van der Waals surface area contributed by atoms with Crippen LogP contribution in [0.25, 0.3) is 0 Å². The van der Waals surface area contributed by atoms with Gasteiger partial charge in [0.2, 0.25) is 70.9 Å². The number of nitrogens with one attached hydrogen (secondary N) is 11. The largest absolute Gasteiger partial charge is 0.468 e. The summed E-state index contributed by atoms with van der Waals surface area (Å²) in [5, 5.41) is 29.0. The van der Waals surface area contributed by atoms with Gasteiger partial charge < -0.3 is 68.1 Å². The lowest BCUT2D eigenvalue weighted by atomic mass is 9.77. The van der Waals surface area contributed by atoms with Crippen LogP contribution in [-0.2, 0) is 72.6 Å². The minimum absolute atomic E-state index is 0.246. The fourth-order valence-corrected chi connectivity index (χ4v) is 10.0. The number of benzene rings is 3. The molecule has 0 spiro atoms. The first kappa shape index (κ1) is 74.2. The Morgan fingerprint density at radius 1 is 0.505 bits per heavy atom. The van der Waals surface area contributed by atoms with E-state index in [1.165, 1.54) is 94.9 Å². The van der Waals surface area contributed by atoms with E-state index < -0.39 is 159 Å². The van der Waals surface area contributed by atoms with Crippen LogP contribution < -0.4 is 58.5 Å². The maximum absolute atomic E-state index is 14.6. The fourth-order valence-electron chi connectivity index (χ4n) is 10.0. The third kappa shape index (κ3) is 19.9. The number of likely N-dealkylation sites (tertiary alicyclic amines) is 1. The van der Waals surface area contributed by atoms with Crippen LogP contribution in [0.3, 0.4) is 0 Å². The maximum atomic E-state index is 14.6. The molecule has 3 aromatic rings. The molecule has 12 amide bonds. The van der Waals surface area contributed by atoms with Gasteiger partial charge in [0.1, 0.15) is 70.0 Å². The summed E-state index contributed by atoms with van der Waals surface area (Å²) >= 11 is 0. The fraction of sp³-hybridized carbons (Fsp3) is 0.523. The van der Waals surface area contributed by atoms with E-state index in [0.29, 0.717) is 29.5 Å². The number of ether oxygens (including phenoxy) is 1. The van der Waals surface area contributed by atoms with Crippen LogP contribution in [-0.4, -0.2) is 160 Å². The Bertz CT molecular complexity index is 3070. The number of carbonyl (C=O) groups excluding carboxylic acids is 13. The predicted molar refractivity (Wildman–Crippen MR) is 337 cm³/mol. The first-order valence-electron chi connectivity index (χ1n) is 30.2. The lowest BCUT2D eigenvalue weighted by molar-refractivity contribution is -0.145. The van der Waals surface area contributed by atoms with Gasteiger partial charge >= 0.3 is 5.97 Å². The van der Waals surface area contributed by atoms with Gasteiger partial charge in [0.15, 0.2) is 0 Å². The van der Waals surface area contributed by atoms with E-state index in [1.807, 2.05) is 91.0 Å². The Balaban J connectivity index is 1.55.